The Morgan fingerprint density at radius 3 is 2.42 bits per heavy atom. The van der Waals surface area contributed by atoms with Crippen molar-refractivity contribution < 1.29 is 4.74 Å². The molecule has 0 radical (unpaired) electrons. The van der Waals surface area contributed by atoms with Crippen LogP contribution >= 0.6 is 0 Å². The van der Waals surface area contributed by atoms with E-state index in [4.69, 9.17) is 4.74 Å². The fraction of sp³-hybridized carbons (Fsp3) is 0.389. The molecule has 0 fully saturated rings. The zero-order valence-electron chi connectivity index (χ0n) is 15.3. The van der Waals surface area contributed by atoms with E-state index in [0.29, 0.717) is 29.6 Å². The van der Waals surface area contributed by atoms with Crippen LogP contribution in [0.2, 0.25) is 0 Å². The lowest BCUT2D eigenvalue weighted by atomic mass is 10.1. The van der Waals surface area contributed by atoms with E-state index in [1.54, 1.807) is 14.2 Å². The Balaban J connectivity index is 1.98. The Bertz CT molecular complexity index is 1110. The molecule has 3 heterocycles. The zero-order valence-corrected chi connectivity index (χ0v) is 15.3. The predicted octanol–water partition coefficient (Wildman–Crippen LogP) is 1.23. The summed E-state index contributed by atoms with van der Waals surface area (Å²) in [6.07, 6.45) is 0. The van der Waals surface area contributed by atoms with E-state index >= 15 is 0 Å². The van der Waals surface area contributed by atoms with Crippen LogP contribution in [-0.4, -0.2) is 32.3 Å². The molecule has 0 spiro atoms. The quantitative estimate of drug-likeness (QED) is 0.691. The minimum Gasteiger partial charge on any atom is -0.497 e. The van der Waals surface area contributed by atoms with E-state index in [1.807, 2.05) is 28.8 Å². The highest BCUT2D eigenvalue weighted by atomic mass is 16.5. The number of ether oxygens (including phenoxy) is 1. The fourth-order valence-corrected chi connectivity index (χ4v) is 3.56. The van der Waals surface area contributed by atoms with E-state index in [9.17, 15) is 9.59 Å². The van der Waals surface area contributed by atoms with Crippen molar-refractivity contribution in [2.24, 2.45) is 20.0 Å². The first-order valence-corrected chi connectivity index (χ1v) is 8.50. The van der Waals surface area contributed by atoms with Gasteiger partial charge in [-0.1, -0.05) is 6.92 Å². The molecule has 8 heteroatoms. The summed E-state index contributed by atoms with van der Waals surface area (Å²) in [7, 11) is 4.77. The van der Waals surface area contributed by atoms with E-state index in [1.165, 1.54) is 11.6 Å². The van der Waals surface area contributed by atoms with Gasteiger partial charge < -0.3 is 14.2 Å². The molecule has 1 aliphatic heterocycles. The first-order valence-electron chi connectivity index (χ1n) is 8.50. The number of benzene rings is 1. The zero-order chi connectivity index (χ0) is 18.6. The lowest BCUT2D eigenvalue weighted by Crippen LogP contribution is -2.38. The van der Waals surface area contributed by atoms with Crippen LogP contribution < -0.4 is 20.9 Å². The Morgan fingerprint density at radius 2 is 1.77 bits per heavy atom. The van der Waals surface area contributed by atoms with Gasteiger partial charge in [-0.3, -0.25) is 13.9 Å². The minimum absolute atomic E-state index is 0.314. The highest BCUT2D eigenvalue weighted by Gasteiger charge is 2.29. The first-order chi connectivity index (χ1) is 12.4. The Labute approximate surface area is 149 Å². The third-order valence-electron chi connectivity index (χ3n) is 4.94. The van der Waals surface area contributed by atoms with Gasteiger partial charge >= 0.3 is 5.69 Å². The maximum atomic E-state index is 12.7. The minimum atomic E-state index is -0.373. The molecule has 1 aliphatic rings. The van der Waals surface area contributed by atoms with Crippen molar-refractivity contribution >= 4 is 22.8 Å². The number of aromatic nitrogens is 4. The summed E-state index contributed by atoms with van der Waals surface area (Å²) >= 11 is 0. The summed E-state index contributed by atoms with van der Waals surface area (Å²) in [6.45, 7) is 3.60. The molecule has 0 saturated heterocycles. The number of nitrogens with zero attached hydrogens (tertiary/aromatic N) is 5. The van der Waals surface area contributed by atoms with E-state index in [-0.39, 0.29) is 11.2 Å². The van der Waals surface area contributed by atoms with Crippen LogP contribution in [-0.2, 0) is 20.6 Å². The molecular weight excluding hydrogens is 334 g/mol. The highest BCUT2D eigenvalue weighted by Crippen LogP contribution is 2.33. The number of aryl methyl sites for hydroxylation is 1. The van der Waals surface area contributed by atoms with Crippen molar-refractivity contribution in [1.82, 2.24) is 18.7 Å². The molecule has 8 nitrogen and oxygen atoms in total. The van der Waals surface area contributed by atoms with E-state index < -0.39 is 0 Å². The second kappa shape index (κ2) is 5.76. The van der Waals surface area contributed by atoms with Crippen LogP contribution in [0.1, 0.15) is 6.92 Å². The molecule has 1 aromatic carbocycles. The summed E-state index contributed by atoms with van der Waals surface area (Å²) in [6, 6.07) is 7.74. The standard InChI is InChI=1S/C18H21N5O3/c1-11-9-22(12-5-7-13(26-4)8-6-12)17-19-15-14(23(17)10-11)16(24)21(3)18(25)20(15)2/h5-8,11H,9-10H2,1-4H3/t11-/m0/s1. The average Bonchev–Trinajstić information content (AvgIpc) is 3.03. The maximum absolute atomic E-state index is 12.7. The number of hydrogen-bond acceptors (Lipinski definition) is 5. The molecule has 3 aromatic rings. The van der Waals surface area contributed by atoms with Gasteiger partial charge in [-0.25, -0.2) is 4.79 Å². The van der Waals surface area contributed by atoms with Gasteiger partial charge in [-0.05, 0) is 30.2 Å². The second-order valence-corrected chi connectivity index (χ2v) is 6.81. The number of hydrogen-bond donors (Lipinski definition) is 0. The summed E-state index contributed by atoms with van der Waals surface area (Å²) in [5.41, 5.74) is 1.17. The molecular formula is C18H21N5O3. The molecule has 0 saturated carbocycles. The van der Waals surface area contributed by atoms with Gasteiger partial charge in [0.1, 0.15) is 5.75 Å². The second-order valence-electron chi connectivity index (χ2n) is 6.81. The number of methoxy groups -OCH3 is 1. The summed E-state index contributed by atoms with van der Waals surface area (Å²) in [5.74, 6) is 1.79. The van der Waals surface area contributed by atoms with Gasteiger partial charge in [0.05, 0.1) is 7.11 Å². The fourth-order valence-electron chi connectivity index (χ4n) is 3.56. The Hall–Kier alpha value is -3.03. The van der Waals surface area contributed by atoms with Gasteiger partial charge in [0, 0.05) is 32.9 Å². The largest absolute Gasteiger partial charge is 0.497 e. The molecule has 26 heavy (non-hydrogen) atoms. The van der Waals surface area contributed by atoms with Crippen LogP contribution in [0.4, 0.5) is 11.6 Å². The van der Waals surface area contributed by atoms with Crippen molar-refractivity contribution in [3.05, 3.63) is 45.1 Å². The third-order valence-corrected chi connectivity index (χ3v) is 4.94. The van der Waals surface area contributed by atoms with Crippen molar-refractivity contribution in [3.63, 3.8) is 0 Å². The first kappa shape index (κ1) is 16.4. The molecule has 136 valence electrons. The number of imidazole rings is 1. The van der Waals surface area contributed by atoms with Crippen LogP contribution in [0.5, 0.6) is 5.75 Å². The van der Waals surface area contributed by atoms with Crippen LogP contribution in [0.15, 0.2) is 33.9 Å². The molecule has 0 N–H and O–H groups in total. The van der Waals surface area contributed by atoms with Crippen LogP contribution in [0, 0.1) is 5.92 Å². The SMILES string of the molecule is COc1ccc(N2C[C@H](C)Cn3c2nc2c3c(=O)n(C)c(=O)n2C)cc1. The van der Waals surface area contributed by atoms with Crippen molar-refractivity contribution in [2.75, 3.05) is 18.6 Å². The molecule has 0 aliphatic carbocycles. The van der Waals surface area contributed by atoms with Gasteiger partial charge in [0.15, 0.2) is 11.2 Å². The number of rotatable bonds is 2. The van der Waals surface area contributed by atoms with E-state index in [0.717, 1.165) is 22.5 Å². The summed E-state index contributed by atoms with van der Waals surface area (Å²) in [5, 5.41) is 0. The molecule has 0 unspecified atom stereocenters. The monoisotopic (exact) mass is 355 g/mol. The third kappa shape index (κ3) is 2.25. The predicted molar refractivity (Wildman–Crippen MR) is 99.4 cm³/mol. The van der Waals surface area contributed by atoms with Crippen LogP contribution in [0.25, 0.3) is 11.2 Å². The lowest BCUT2D eigenvalue weighted by molar-refractivity contribution is 0.414. The molecule has 0 bridgehead atoms. The Morgan fingerprint density at radius 1 is 1.08 bits per heavy atom. The summed E-state index contributed by atoms with van der Waals surface area (Å²) in [4.78, 5) is 31.7. The molecule has 0 amide bonds. The normalized spacial score (nSPS) is 16.8. The van der Waals surface area contributed by atoms with Crippen molar-refractivity contribution in [3.8, 4) is 5.75 Å². The van der Waals surface area contributed by atoms with Crippen molar-refractivity contribution in [1.29, 1.82) is 0 Å². The number of anilines is 2. The average molecular weight is 355 g/mol. The molecule has 4 rings (SSSR count). The van der Waals surface area contributed by atoms with Crippen LogP contribution in [0.3, 0.4) is 0 Å². The molecule has 1 atom stereocenters. The van der Waals surface area contributed by atoms with Gasteiger partial charge in [-0.15, -0.1) is 0 Å². The van der Waals surface area contributed by atoms with Gasteiger partial charge in [-0.2, -0.15) is 4.98 Å². The van der Waals surface area contributed by atoms with Gasteiger partial charge in [0.2, 0.25) is 5.95 Å². The lowest BCUT2D eigenvalue weighted by Gasteiger charge is -2.33. The Kier molecular flexibility index (Phi) is 3.64. The topological polar surface area (TPSA) is 74.3 Å². The maximum Gasteiger partial charge on any atom is 0.332 e. The number of fused-ring (bicyclic) bond motifs is 3. The van der Waals surface area contributed by atoms with Gasteiger partial charge in [0.25, 0.3) is 5.56 Å². The van der Waals surface area contributed by atoms with E-state index in [2.05, 4.69) is 16.8 Å². The summed E-state index contributed by atoms with van der Waals surface area (Å²) < 4.78 is 9.72. The highest BCUT2D eigenvalue weighted by molar-refractivity contribution is 5.77. The molecule has 2 aromatic heterocycles. The smallest absolute Gasteiger partial charge is 0.332 e. The van der Waals surface area contributed by atoms with Crippen molar-refractivity contribution in [2.45, 2.75) is 13.5 Å².